The third kappa shape index (κ3) is 7.18. The van der Waals surface area contributed by atoms with Crippen LogP contribution in [0.3, 0.4) is 0 Å². The van der Waals surface area contributed by atoms with Gasteiger partial charge >= 0.3 is 0 Å². The van der Waals surface area contributed by atoms with E-state index in [-0.39, 0.29) is 30.3 Å². The molecule has 0 saturated heterocycles. The summed E-state index contributed by atoms with van der Waals surface area (Å²) in [5.74, 6) is 0.111. The monoisotopic (exact) mass is 356 g/mol. The Kier molecular flexibility index (Phi) is 9.95. The predicted octanol–water partition coefficient (Wildman–Crippen LogP) is 3.12. The van der Waals surface area contributed by atoms with Crippen molar-refractivity contribution in [2.24, 2.45) is 11.7 Å². The molecule has 2 unspecified atom stereocenters. The van der Waals surface area contributed by atoms with Crippen molar-refractivity contribution in [3.63, 3.8) is 0 Å². The fourth-order valence-corrected chi connectivity index (χ4v) is 2.90. The van der Waals surface area contributed by atoms with E-state index in [9.17, 15) is 4.79 Å². The molecule has 2 rings (SSSR count). The van der Waals surface area contributed by atoms with Gasteiger partial charge in [-0.3, -0.25) is 4.79 Å². The highest BCUT2D eigenvalue weighted by Gasteiger charge is 2.25. The highest BCUT2D eigenvalue weighted by molar-refractivity contribution is 5.92. The first-order chi connectivity index (χ1) is 11.2. The van der Waals surface area contributed by atoms with Crippen LogP contribution >= 0.6 is 12.4 Å². The standard InChI is InChI=1S/C18H28N2O3.ClH/c1-2-22-9-10-23-13-14-5-3-8-17(11-14)20-18(21)15-6-4-7-16(19)12-15;/h3,5,8,11,15-16H,2,4,6-7,9-10,12-13,19H2,1H3,(H,20,21);1H. The Labute approximate surface area is 150 Å². The molecule has 1 fully saturated rings. The number of nitrogens with one attached hydrogen (secondary N) is 1. The van der Waals surface area contributed by atoms with Gasteiger partial charge < -0.3 is 20.5 Å². The average molecular weight is 357 g/mol. The number of anilines is 1. The summed E-state index contributed by atoms with van der Waals surface area (Å²) in [6.07, 6.45) is 3.77. The minimum absolute atomic E-state index is 0. The summed E-state index contributed by atoms with van der Waals surface area (Å²) in [4.78, 5) is 12.3. The minimum atomic E-state index is 0. The quantitative estimate of drug-likeness (QED) is 0.702. The lowest BCUT2D eigenvalue weighted by Crippen LogP contribution is -2.34. The second-order valence-corrected chi connectivity index (χ2v) is 6.06. The molecule has 3 N–H and O–H groups in total. The molecular weight excluding hydrogens is 328 g/mol. The van der Waals surface area contributed by atoms with Gasteiger partial charge in [-0.15, -0.1) is 12.4 Å². The van der Waals surface area contributed by atoms with E-state index in [0.717, 1.165) is 36.9 Å². The van der Waals surface area contributed by atoms with E-state index in [1.165, 1.54) is 0 Å². The van der Waals surface area contributed by atoms with Crippen LogP contribution in [0, 0.1) is 5.92 Å². The molecule has 1 saturated carbocycles. The number of amides is 1. The number of halogens is 1. The Bertz CT molecular complexity index is 499. The summed E-state index contributed by atoms with van der Waals surface area (Å²) in [6.45, 7) is 4.37. The van der Waals surface area contributed by atoms with Gasteiger partial charge in [-0.2, -0.15) is 0 Å². The molecule has 5 nitrogen and oxygen atoms in total. The van der Waals surface area contributed by atoms with Crippen LogP contribution in [0.5, 0.6) is 0 Å². The number of hydrogen-bond donors (Lipinski definition) is 2. The zero-order chi connectivity index (χ0) is 16.5. The van der Waals surface area contributed by atoms with Gasteiger partial charge in [0, 0.05) is 24.3 Å². The van der Waals surface area contributed by atoms with Crippen LogP contribution in [0.1, 0.15) is 38.2 Å². The summed E-state index contributed by atoms with van der Waals surface area (Å²) in [5.41, 5.74) is 7.82. The van der Waals surface area contributed by atoms with E-state index in [1.807, 2.05) is 31.2 Å². The van der Waals surface area contributed by atoms with Gasteiger partial charge in [0.15, 0.2) is 0 Å². The first-order valence-corrected chi connectivity index (χ1v) is 8.50. The first kappa shape index (κ1) is 20.9. The Hall–Kier alpha value is -1.14. The molecule has 1 aromatic carbocycles. The van der Waals surface area contributed by atoms with Crippen molar-refractivity contribution < 1.29 is 14.3 Å². The van der Waals surface area contributed by atoms with Crippen LogP contribution in [-0.2, 0) is 20.9 Å². The van der Waals surface area contributed by atoms with Crippen LogP contribution in [0.25, 0.3) is 0 Å². The molecule has 0 heterocycles. The largest absolute Gasteiger partial charge is 0.379 e. The van der Waals surface area contributed by atoms with Gasteiger partial charge in [-0.1, -0.05) is 18.6 Å². The van der Waals surface area contributed by atoms with Gasteiger partial charge in [-0.25, -0.2) is 0 Å². The van der Waals surface area contributed by atoms with Crippen LogP contribution in [0.15, 0.2) is 24.3 Å². The van der Waals surface area contributed by atoms with Gasteiger partial charge in [0.05, 0.1) is 19.8 Å². The smallest absolute Gasteiger partial charge is 0.227 e. The van der Waals surface area contributed by atoms with Crippen LogP contribution < -0.4 is 11.1 Å². The SMILES string of the molecule is CCOCCOCc1cccc(NC(=O)C2CCCC(N)C2)c1.Cl. The maximum Gasteiger partial charge on any atom is 0.227 e. The molecule has 0 spiro atoms. The predicted molar refractivity (Wildman–Crippen MR) is 98.4 cm³/mol. The lowest BCUT2D eigenvalue weighted by molar-refractivity contribution is -0.120. The number of carbonyl (C=O) groups is 1. The lowest BCUT2D eigenvalue weighted by atomic mass is 9.85. The Balaban J connectivity index is 0.00000288. The fourth-order valence-electron chi connectivity index (χ4n) is 2.90. The van der Waals surface area contributed by atoms with Crippen molar-refractivity contribution in [1.82, 2.24) is 0 Å². The van der Waals surface area contributed by atoms with Crippen molar-refractivity contribution >= 4 is 24.0 Å². The van der Waals surface area contributed by atoms with Crippen LogP contribution in [-0.4, -0.2) is 31.8 Å². The van der Waals surface area contributed by atoms with Crippen LogP contribution in [0.4, 0.5) is 5.69 Å². The second kappa shape index (κ2) is 11.4. The van der Waals surface area contributed by atoms with Crippen molar-refractivity contribution in [2.75, 3.05) is 25.1 Å². The molecule has 136 valence electrons. The lowest BCUT2D eigenvalue weighted by Gasteiger charge is -2.25. The van der Waals surface area contributed by atoms with Gasteiger partial charge in [0.2, 0.25) is 5.91 Å². The molecule has 1 aliphatic rings. The summed E-state index contributed by atoms with van der Waals surface area (Å²) >= 11 is 0. The van der Waals surface area contributed by atoms with E-state index < -0.39 is 0 Å². The third-order valence-corrected chi connectivity index (χ3v) is 4.12. The highest BCUT2D eigenvalue weighted by Crippen LogP contribution is 2.24. The molecule has 0 bridgehead atoms. The van der Waals surface area contributed by atoms with Crippen molar-refractivity contribution in [1.29, 1.82) is 0 Å². The van der Waals surface area contributed by atoms with E-state index in [0.29, 0.717) is 26.4 Å². The number of hydrogen-bond acceptors (Lipinski definition) is 4. The third-order valence-electron chi connectivity index (χ3n) is 4.12. The number of benzene rings is 1. The number of nitrogens with two attached hydrogens (primary N) is 1. The molecule has 0 radical (unpaired) electrons. The molecule has 1 aliphatic carbocycles. The number of ether oxygens (including phenoxy) is 2. The van der Waals surface area contributed by atoms with E-state index in [2.05, 4.69) is 5.32 Å². The summed E-state index contributed by atoms with van der Waals surface area (Å²) in [6, 6.07) is 7.95. The van der Waals surface area contributed by atoms with Crippen molar-refractivity contribution in [2.45, 2.75) is 45.3 Å². The van der Waals surface area contributed by atoms with Gasteiger partial charge in [0.1, 0.15) is 0 Å². The summed E-state index contributed by atoms with van der Waals surface area (Å²) in [7, 11) is 0. The molecule has 1 aromatic rings. The zero-order valence-corrected chi connectivity index (χ0v) is 15.1. The molecule has 0 aliphatic heterocycles. The maximum atomic E-state index is 12.3. The molecule has 6 heteroatoms. The molecule has 1 amide bonds. The molecule has 0 aromatic heterocycles. The fraction of sp³-hybridized carbons (Fsp3) is 0.611. The minimum Gasteiger partial charge on any atom is -0.379 e. The Morgan fingerprint density at radius 2 is 2.08 bits per heavy atom. The van der Waals surface area contributed by atoms with Crippen molar-refractivity contribution in [3.8, 4) is 0 Å². The average Bonchev–Trinajstić information content (AvgIpc) is 2.55. The molecule has 2 atom stereocenters. The Morgan fingerprint density at radius 3 is 2.83 bits per heavy atom. The Morgan fingerprint density at radius 1 is 1.29 bits per heavy atom. The zero-order valence-electron chi connectivity index (χ0n) is 14.3. The van der Waals surface area contributed by atoms with Gasteiger partial charge in [-0.05, 0) is 43.9 Å². The van der Waals surface area contributed by atoms with Crippen molar-refractivity contribution in [3.05, 3.63) is 29.8 Å². The molecule has 24 heavy (non-hydrogen) atoms. The number of carbonyl (C=O) groups excluding carboxylic acids is 1. The van der Waals surface area contributed by atoms with E-state index in [1.54, 1.807) is 0 Å². The first-order valence-electron chi connectivity index (χ1n) is 8.50. The highest BCUT2D eigenvalue weighted by atomic mass is 35.5. The molecular formula is C18H29ClN2O3. The summed E-state index contributed by atoms with van der Waals surface area (Å²) in [5, 5.41) is 3.01. The normalized spacial score (nSPS) is 20.2. The van der Waals surface area contributed by atoms with Crippen LogP contribution in [0.2, 0.25) is 0 Å². The van der Waals surface area contributed by atoms with Gasteiger partial charge in [0.25, 0.3) is 0 Å². The van der Waals surface area contributed by atoms with E-state index in [4.69, 9.17) is 15.2 Å². The topological polar surface area (TPSA) is 73.6 Å². The maximum absolute atomic E-state index is 12.3. The second-order valence-electron chi connectivity index (χ2n) is 6.06. The number of rotatable bonds is 8. The van der Waals surface area contributed by atoms with E-state index >= 15 is 0 Å². The summed E-state index contributed by atoms with van der Waals surface area (Å²) < 4.78 is 10.8.